The van der Waals surface area contributed by atoms with Gasteiger partial charge in [0.25, 0.3) is 0 Å². The van der Waals surface area contributed by atoms with Gasteiger partial charge in [-0.3, -0.25) is 0 Å². The Bertz CT molecular complexity index is 369. The highest BCUT2D eigenvalue weighted by molar-refractivity contribution is 5.79. The highest BCUT2D eigenvalue weighted by atomic mass is 16.2. The number of urea groups is 1. The van der Waals surface area contributed by atoms with Gasteiger partial charge < -0.3 is 10.2 Å². The Kier molecular flexibility index (Phi) is 1.39. The number of allylic oxidation sites excluding steroid dienone is 2. The van der Waals surface area contributed by atoms with Crippen LogP contribution in [0.4, 0.5) is 4.79 Å². The van der Waals surface area contributed by atoms with Gasteiger partial charge in [-0.25, -0.2) is 4.79 Å². The third-order valence-electron chi connectivity index (χ3n) is 3.61. The van der Waals surface area contributed by atoms with Crippen molar-refractivity contribution >= 4 is 6.03 Å². The quantitative estimate of drug-likeness (QED) is 0.614. The largest absolute Gasteiger partial charge is 0.323 e. The Morgan fingerprint density at radius 1 is 1.43 bits per heavy atom. The summed E-state index contributed by atoms with van der Waals surface area (Å²) >= 11 is 0. The summed E-state index contributed by atoms with van der Waals surface area (Å²) in [5.41, 5.74) is 2.34. The van der Waals surface area contributed by atoms with Gasteiger partial charge in [0.2, 0.25) is 0 Å². The van der Waals surface area contributed by atoms with Crippen LogP contribution in [0.1, 0.15) is 6.92 Å². The molecule has 0 spiro atoms. The SMILES string of the molecule is CC1C2C=C3CN(C)C(=O)NC3=CC12. The average Bonchev–Trinajstić information content (AvgIpc) is 2.76. The van der Waals surface area contributed by atoms with Crippen molar-refractivity contribution < 1.29 is 4.79 Å². The number of nitrogens with zero attached hydrogens (tertiary/aromatic N) is 1. The molecule has 1 N–H and O–H groups in total. The first kappa shape index (κ1) is 8.09. The van der Waals surface area contributed by atoms with Gasteiger partial charge in [0.15, 0.2) is 0 Å². The number of carbonyl (C=O) groups excluding carboxylic acids is 1. The maximum absolute atomic E-state index is 11.4. The van der Waals surface area contributed by atoms with Gasteiger partial charge in [0, 0.05) is 19.3 Å². The fourth-order valence-corrected chi connectivity index (χ4v) is 2.47. The number of amides is 2. The normalized spacial score (nSPS) is 39.1. The summed E-state index contributed by atoms with van der Waals surface area (Å²) in [7, 11) is 1.83. The number of hydrogen-bond donors (Lipinski definition) is 1. The molecule has 2 aliphatic carbocycles. The van der Waals surface area contributed by atoms with E-state index in [0.29, 0.717) is 5.92 Å². The summed E-state index contributed by atoms with van der Waals surface area (Å²) in [6.07, 6.45) is 4.57. The van der Waals surface area contributed by atoms with Crippen LogP contribution in [0.2, 0.25) is 0 Å². The van der Waals surface area contributed by atoms with Gasteiger partial charge in [-0.1, -0.05) is 19.1 Å². The van der Waals surface area contributed by atoms with Crippen LogP contribution in [0.5, 0.6) is 0 Å². The fourth-order valence-electron chi connectivity index (χ4n) is 2.47. The standard InChI is InChI=1S/C11H14N2O/c1-6-8-3-7-5-13(2)11(14)12-10(7)4-9(6)8/h3-4,6,8-9H,5H2,1-2H3,(H,12,14). The number of rotatable bonds is 0. The first-order valence-electron chi connectivity index (χ1n) is 5.12. The van der Waals surface area contributed by atoms with Crippen LogP contribution in [0.3, 0.4) is 0 Å². The van der Waals surface area contributed by atoms with E-state index < -0.39 is 0 Å². The van der Waals surface area contributed by atoms with Crippen LogP contribution in [-0.2, 0) is 0 Å². The second-order valence-electron chi connectivity index (χ2n) is 4.57. The topological polar surface area (TPSA) is 32.3 Å². The summed E-state index contributed by atoms with van der Waals surface area (Å²) in [5, 5.41) is 2.93. The number of likely N-dealkylation sites (N-methyl/N-ethyl adjacent to an activating group) is 1. The lowest BCUT2D eigenvalue weighted by Crippen LogP contribution is -2.44. The molecule has 1 saturated carbocycles. The molecule has 74 valence electrons. The first-order valence-corrected chi connectivity index (χ1v) is 5.12. The molecule has 3 atom stereocenters. The average molecular weight is 190 g/mol. The van der Waals surface area contributed by atoms with E-state index in [1.165, 1.54) is 5.57 Å². The minimum Gasteiger partial charge on any atom is -0.323 e. The first-order chi connectivity index (χ1) is 6.66. The molecule has 2 fully saturated rings. The van der Waals surface area contributed by atoms with Crippen LogP contribution < -0.4 is 5.32 Å². The molecule has 1 saturated heterocycles. The molecular formula is C11H14N2O. The predicted octanol–water partition coefficient (Wildman–Crippen LogP) is 1.35. The summed E-state index contributed by atoms with van der Waals surface area (Å²) in [6.45, 7) is 3.03. The zero-order chi connectivity index (χ0) is 9.87. The molecular weight excluding hydrogens is 176 g/mol. The van der Waals surface area contributed by atoms with E-state index in [0.717, 1.165) is 24.1 Å². The molecule has 3 aliphatic rings. The monoisotopic (exact) mass is 190 g/mol. The highest BCUT2D eigenvalue weighted by Gasteiger charge is 2.46. The van der Waals surface area contributed by atoms with E-state index in [1.54, 1.807) is 4.90 Å². The maximum atomic E-state index is 11.4. The highest BCUT2D eigenvalue weighted by Crippen LogP contribution is 2.52. The molecule has 3 heteroatoms. The lowest BCUT2D eigenvalue weighted by atomic mass is 10.0. The van der Waals surface area contributed by atoms with Crippen molar-refractivity contribution in [2.75, 3.05) is 13.6 Å². The fraction of sp³-hybridized carbons (Fsp3) is 0.545. The summed E-state index contributed by atoms with van der Waals surface area (Å²) in [5.74, 6) is 2.18. The summed E-state index contributed by atoms with van der Waals surface area (Å²) in [6, 6.07) is 0.0140. The zero-order valence-electron chi connectivity index (χ0n) is 8.45. The molecule has 14 heavy (non-hydrogen) atoms. The molecule has 0 aromatic rings. The van der Waals surface area contributed by atoms with Crippen molar-refractivity contribution in [2.45, 2.75) is 6.92 Å². The lowest BCUT2D eigenvalue weighted by Gasteiger charge is -2.29. The molecule has 3 rings (SSSR count). The molecule has 0 aromatic carbocycles. The van der Waals surface area contributed by atoms with Crippen molar-refractivity contribution in [1.29, 1.82) is 0 Å². The van der Waals surface area contributed by atoms with E-state index in [9.17, 15) is 4.79 Å². The molecule has 0 radical (unpaired) electrons. The van der Waals surface area contributed by atoms with Gasteiger partial charge in [0.1, 0.15) is 0 Å². The van der Waals surface area contributed by atoms with E-state index in [1.807, 2.05) is 7.05 Å². The molecule has 3 nitrogen and oxygen atoms in total. The second kappa shape index (κ2) is 2.41. The van der Waals surface area contributed by atoms with Crippen LogP contribution in [0.25, 0.3) is 0 Å². The van der Waals surface area contributed by atoms with Gasteiger partial charge in [-0.05, 0) is 23.3 Å². The van der Waals surface area contributed by atoms with Crippen LogP contribution in [-0.4, -0.2) is 24.5 Å². The minimum atomic E-state index is 0.0140. The molecule has 1 aliphatic heterocycles. The molecule has 0 aromatic heterocycles. The Morgan fingerprint density at radius 3 is 2.93 bits per heavy atom. The molecule has 2 amide bonds. The number of hydrogen-bond acceptors (Lipinski definition) is 1. The Labute approximate surface area is 83.5 Å². The van der Waals surface area contributed by atoms with Gasteiger partial charge in [-0.15, -0.1) is 0 Å². The lowest BCUT2D eigenvalue weighted by molar-refractivity contribution is 0.211. The maximum Gasteiger partial charge on any atom is 0.321 e. The summed E-state index contributed by atoms with van der Waals surface area (Å²) < 4.78 is 0. The predicted molar refractivity (Wildman–Crippen MR) is 53.5 cm³/mol. The van der Waals surface area contributed by atoms with Crippen molar-refractivity contribution in [3.63, 3.8) is 0 Å². The van der Waals surface area contributed by atoms with Gasteiger partial charge in [-0.2, -0.15) is 0 Å². The van der Waals surface area contributed by atoms with Gasteiger partial charge in [0.05, 0.1) is 0 Å². The van der Waals surface area contributed by atoms with Crippen LogP contribution in [0.15, 0.2) is 23.4 Å². The second-order valence-corrected chi connectivity index (χ2v) is 4.57. The van der Waals surface area contributed by atoms with E-state index in [4.69, 9.17) is 0 Å². The third kappa shape index (κ3) is 0.953. The summed E-state index contributed by atoms with van der Waals surface area (Å²) in [4.78, 5) is 13.1. The molecule has 3 unspecified atom stereocenters. The van der Waals surface area contributed by atoms with E-state index in [2.05, 4.69) is 24.4 Å². The van der Waals surface area contributed by atoms with Gasteiger partial charge >= 0.3 is 6.03 Å². The van der Waals surface area contributed by atoms with Crippen LogP contribution >= 0.6 is 0 Å². The number of fused-ring (bicyclic) bond motifs is 2. The van der Waals surface area contributed by atoms with Crippen molar-refractivity contribution in [1.82, 2.24) is 10.2 Å². The van der Waals surface area contributed by atoms with E-state index in [-0.39, 0.29) is 6.03 Å². The Balaban J connectivity index is 1.93. The third-order valence-corrected chi connectivity index (χ3v) is 3.61. The Hall–Kier alpha value is -1.25. The van der Waals surface area contributed by atoms with Crippen molar-refractivity contribution in [2.24, 2.45) is 17.8 Å². The smallest absolute Gasteiger partial charge is 0.321 e. The Morgan fingerprint density at radius 2 is 2.14 bits per heavy atom. The minimum absolute atomic E-state index is 0.0140. The van der Waals surface area contributed by atoms with E-state index >= 15 is 0 Å². The number of nitrogens with one attached hydrogen (secondary N) is 1. The molecule has 0 bridgehead atoms. The van der Waals surface area contributed by atoms with Crippen molar-refractivity contribution in [3.05, 3.63) is 23.4 Å². The van der Waals surface area contributed by atoms with Crippen LogP contribution in [0, 0.1) is 17.8 Å². The molecule has 1 heterocycles. The zero-order valence-corrected chi connectivity index (χ0v) is 8.45. The number of carbonyl (C=O) groups is 1. The van der Waals surface area contributed by atoms with Crippen molar-refractivity contribution in [3.8, 4) is 0 Å².